The largest absolute Gasteiger partial charge is 0.493 e. The van der Waals surface area contributed by atoms with Gasteiger partial charge in [0.25, 0.3) is 5.22 Å². The first kappa shape index (κ1) is 20.0. The minimum Gasteiger partial charge on any atom is -0.493 e. The third-order valence-corrected chi connectivity index (χ3v) is 4.58. The summed E-state index contributed by atoms with van der Waals surface area (Å²) in [5.74, 6) is 3.43. The first-order chi connectivity index (χ1) is 13.4. The SMILES string of the molecule is COc1cc(-c2nnc(SCc3nc(C(C)(C)C)no3)o2)cc(OC)c1OC. The van der Waals surface area contributed by atoms with Crippen LogP contribution in [-0.2, 0) is 11.2 Å². The van der Waals surface area contributed by atoms with Gasteiger partial charge in [-0.05, 0) is 12.1 Å². The highest BCUT2D eigenvalue weighted by Crippen LogP contribution is 2.41. The smallest absolute Gasteiger partial charge is 0.277 e. The van der Waals surface area contributed by atoms with Crippen molar-refractivity contribution in [2.45, 2.75) is 37.2 Å². The van der Waals surface area contributed by atoms with Gasteiger partial charge in [-0.15, -0.1) is 10.2 Å². The number of methoxy groups -OCH3 is 3. The molecule has 0 saturated carbocycles. The van der Waals surface area contributed by atoms with Gasteiger partial charge in [0.15, 0.2) is 17.3 Å². The van der Waals surface area contributed by atoms with E-state index >= 15 is 0 Å². The van der Waals surface area contributed by atoms with Crippen molar-refractivity contribution in [1.82, 2.24) is 20.3 Å². The van der Waals surface area contributed by atoms with Crippen molar-refractivity contribution in [3.63, 3.8) is 0 Å². The lowest BCUT2D eigenvalue weighted by molar-refractivity contribution is 0.324. The van der Waals surface area contributed by atoms with E-state index in [9.17, 15) is 0 Å². The molecule has 0 N–H and O–H groups in total. The Balaban J connectivity index is 1.76. The number of rotatable bonds is 7. The molecular weight excluding hydrogens is 384 g/mol. The average molecular weight is 406 g/mol. The molecule has 0 aliphatic heterocycles. The lowest BCUT2D eigenvalue weighted by atomic mass is 9.96. The molecule has 3 aromatic rings. The van der Waals surface area contributed by atoms with Crippen molar-refractivity contribution in [2.24, 2.45) is 0 Å². The molecular formula is C18H22N4O5S. The van der Waals surface area contributed by atoms with E-state index in [1.54, 1.807) is 33.5 Å². The Kier molecular flexibility index (Phi) is 5.78. The summed E-state index contributed by atoms with van der Waals surface area (Å²) >= 11 is 1.32. The molecule has 0 saturated heterocycles. The Labute approximate surface area is 166 Å². The zero-order chi connectivity index (χ0) is 20.3. The van der Waals surface area contributed by atoms with Crippen LogP contribution in [0.2, 0.25) is 0 Å². The normalized spacial score (nSPS) is 11.5. The maximum Gasteiger partial charge on any atom is 0.277 e. The molecule has 1 aromatic carbocycles. The van der Waals surface area contributed by atoms with Gasteiger partial charge in [0.05, 0.1) is 27.1 Å². The fraction of sp³-hybridized carbons (Fsp3) is 0.444. The first-order valence-electron chi connectivity index (χ1n) is 8.45. The maximum absolute atomic E-state index is 5.74. The topological polar surface area (TPSA) is 106 Å². The van der Waals surface area contributed by atoms with Crippen LogP contribution >= 0.6 is 11.8 Å². The maximum atomic E-state index is 5.74. The molecule has 2 aromatic heterocycles. The van der Waals surface area contributed by atoms with E-state index in [4.69, 9.17) is 23.2 Å². The number of nitrogens with zero attached hydrogens (tertiary/aromatic N) is 4. The van der Waals surface area contributed by atoms with E-state index in [1.165, 1.54) is 11.8 Å². The highest BCUT2D eigenvalue weighted by atomic mass is 32.2. The molecule has 0 fully saturated rings. The van der Waals surface area contributed by atoms with E-state index in [2.05, 4.69) is 20.3 Å². The lowest BCUT2D eigenvalue weighted by Crippen LogP contribution is -2.13. The first-order valence-corrected chi connectivity index (χ1v) is 9.44. The van der Waals surface area contributed by atoms with Crippen molar-refractivity contribution >= 4 is 11.8 Å². The Morgan fingerprint density at radius 3 is 2.21 bits per heavy atom. The van der Waals surface area contributed by atoms with Crippen molar-refractivity contribution in [1.29, 1.82) is 0 Å². The Morgan fingerprint density at radius 2 is 1.68 bits per heavy atom. The molecule has 0 radical (unpaired) electrons. The number of benzene rings is 1. The zero-order valence-electron chi connectivity index (χ0n) is 16.6. The summed E-state index contributed by atoms with van der Waals surface area (Å²) in [6, 6.07) is 3.49. The summed E-state index contributed by atoms with van der Waals surface area (Å²) in [5.41, 5.74) is 0.484. The van der Waals surface area contributed by atoms with Gasteiger partial charge in [0.2, 0.25) is 17.5 Å². The minimum absolute atomic E-state index is 0.170. The second-order valence-electron chi connectivity index (χ2n) is 6.84. The summed E-state index contributed by atoms with van der Waals surface area (Å²) in [6.07, 6.45) is 0. The van der Waals surface area contributed by atoms with Crippen LogP contribution < -0.4 is 14.2 Å². The molecule has 2 heterocycles. The van der Waals surface area contributed by atoms with E-state index in [1.807, 2.05) is 20.8 Å². The molecule has 10 heteroatoms. The number of ether oxygens (including phenoxy) is 3. The average Bonchev–Trinajstić information content (AvgIpc) is 3.34. The van der Waals surface area contributed by atoms with Gasteiger partial charge >= 0.3 is 0 Å². The van der Waals surface area contributed by atoms with Gasteiger partial charge in [0.1, 0.15) is 0 Å². The summed E-state index contributed by atoms with van der Waals surface area (Å²) in [4.78, 5) is 4.39. The van der Waals surface area contributed by atoms with Crippen molar-refractivity contribution in [3.05, 3.63) is 23.8 Å². The molecule has 0 aliphatic carbocycles. The molecule has 0 amide bonds. The summed E-state index contributed by atoms with van der Waals surface area (Å²) in [6.45, 7) is 6.07. The van der Waals surface area contributed by atoms with Gasteiger partial charge in [0, 0.05) is 11.0 Å². The van der Waals surface area contributed by atoms with Gasteiger partial charge in [-0.2, -0.15) is 4.98 Å². The van der Waals surface area contributed by atoms with E-state index in [0.717, 1.165) is 0 Å². The quantitative estimate of drug-likeness (QED) is 0.539. The number of hydrogen-bond donors (Lipinski definition) is 0. The second kappa shape index (κ2) is 8.09. The van der Waals surface area contributed by atoms with Crippen LogP contribution in [-0.4, -0.2) is 41.7 Å². The standard InChI is InChI=1S/C18H22N4O5S/c1-18(2,3)16-19-13(27-22-16)9-28-17-21-20-15(26-17)10-7-11(23-4)14(25-6)12(8-10)24-5/h7-8H,9H2,1-6H3. The predicted octanol–water partition coefficient (Wildman–Crippen LogP) is 3.74. The second-order valence-corrected chi connectivity index (χ2v) is 7.76. The van der Waals surface area contributed by atoms with Crippen LogP contribution in [0.15, 0.2) is 26.3 Å². The van der Waals surface area contributed by atoms with Crippen LogP contribution in [0.3, 0.4) is 0 Å². The van der Waals surface area contributed by atoms with Crippen LogP contribution in [0.25, 0.3) is 11.5 Å². The van der Waals surface area contributed by atoms with E-state index in [-0.39, 0.29) is 5.41 Å². The fourth-order valence-corrected chi connectivity index (χ4v) is 2.93. The molecule has 0 aliphatic rings. The van der Waals surface area contributed by atoms with Gasteiger partial charge in [-0.25, -0.2) is 0 Å². The summed E-state index contributed by atoms with van der Waals surface area (Å²) in [7, 11) is 4.64. The molecule has 150 valence electrons. The number of hydrogen-bond acceptors (Lipinski definition) is 10. The van der Waals surface area contributed by atoms with E-state index < -0.39 is 0 Å². The third kappa shape index (κ3) is 4.22. The van der Waals surface area contributed by atoms with Crippen LogP contribution in [0, 0.1) is 0 Å². The van der Waals surface area contributed by atoms with Crippen molar-refractivity contribution < 1.29 is 23.2 Å². The Morgan fingerprint density at radius 1 is 1.00 bits per heavy atom. The summed E-state index contributed by atoms with van der Waals surface area (Å²) < 4.78 is 27.0. The molecule has 0 unspecified atom stereocenters. The van der Waals surface area contributed by atoms with Gasteiger partial charge in [-0.3, -0.25) is 0 Å². The highest BCUT2D eigenvalue weighted by molar-refractivity contribution is 7.98. The third-order valence-electron chi connectivity index (χ3n) is 3.78. The predicted molar refractivity (Wildman–Crippen MR) is 102 cm³/mol. The molecule has 0 bridgehead atoms. The van der Waals surface area contributed by atoms with Crippen molar-refractivity contribution in [2.75, 3.05) is 21.3 Å². The number of aromatic nitrogens is 4. The zero-order valence-corrected chi connectivity index (χ0v) is 17.4. The molecule has 0 spiro atoms. The Bertz CT molecular complexity index is 923. The lowest BCUT2D eigenvalue weighted by Gasteiger charge is -2.12. The molecule has 9 nitrogen and oxygen atoms in total. The summed E-state index contributed by atoms with van der Waals surface area (Å²) in [5, 5.41) is 12.5. The molecule has 28 heavy (non-hydrogen) atoms. The van der Waals surface area contributed by atoms with Gasteiger partial charge in [-0.1, -0.05) is 37.7 Å². The minimum atomic E-state index is -0.170. The highest BCUT2D eigenvalue weighted by Gasteiger charge is 2.22. The number of thioether (sulfide) groups is 1. The van der Waals surface area contributed by atoms with Gasteiger partial charge < -0.3 is 23.2 Å². The van der Waals surface area contributed by atoms with Crippen molar-refractivity contribution in [3.8, 4) is 28.7 Å². The van der Waals surface area contributed by atoms with E-state index in [0.29, 0.717) is 51.4 Å². The van der Waals surface area contributed by atoms with Crippen LogP contribution in [0.5, 0.6) is 17.2 Å². The monoisotopic (exact) mass is 406 g/mol. The Hall–Kier alpha value is -2.75. The van der Waals surface area contributed by atoms with Crippen LogP contribution in [0.1, 0.15) is 32.5 Å². The molecule has 3 rings (SSSR count). The molecule has 0 atom stereocenters. The fourth-order valence-electron chi connectivity index (χ4n) is 2.33. The van der Waals surface area contributed by atoms with Crippen LogP contribution in [0.4, 0.5) is 0 Å².